The van der Waals surface area contributed by atoms with Gasteiger partial charge in [-0.2, -0.15) is 0 Å². The summed E-state index contributed by atoms with van der Waals surface area (Å²) >= 11 is 7.21. The van der Waals surface area contributed by atoms with Crippen molar-refractivity contribution >= 4 is 44.9 Å². The quantitative estimate of drug-likeness (QED) is 0.832. The average molecular weight is 316 g/mol. The second kappa shape index (κ2) is 6.19. The highest BCUT2D eigenvalue weighted by Gasteiger charge is 2.17. The Morgan fingerprint density at radius 2 is 2.15 bits per heavy atom. The van der Waals surface area contributed by atoms with E-state index < -0.39 is 5.97 Å². The summed E-state index contributed by atoms with van der Waals surface area (Å²) in [5.74, 6) is -1.67. The molecule has 0 radical (unpaired) electrons. The summed E-state index contributed by atoms with van der Waals surface area (Å²) in [6.07, 6.45) is 0.337. The second-order valence-electron chi connectivity index (χ2n) is 4.14. The lowest BCUT2D eigenvalue weighted by atomic mass is 10.2. The molecule has 2 rings (SSSR count). The smallest absolute Gasteiger partial charge is 0.303 e. The molecule has 7 heteroatoms. The van der Waals surface area contributed by atoms with E-state index in [1.54, 1.807) is 0 Å². The van der Waals surface area contributed by atoms with E-state index in [0.717, 1.165) is 11.3 Å². The number of nitrogens with one attached hydrogen (secondary N) is 1. The first-order valence-corrected chi connectivity index (χ1v) is 7.06. The highest BCUT2D eigenvalue weighted by atomic mass is 35.5. The molecule has 0 aliphatic heterocycles. The fraction of sp³-hybridized carbons (Fsp3) is 0.231. The molecule has 0 unspecified atom stereocenters. The first-order valence-electron chi connectivity index (χ1n) is 5.86. The maximum atomic E-state index is 13.1. The van der Waals surface area contributed by atoms with Crippen molar-refractivity contribution in [2.45, 2.75) is 12.8 Å². The zero-order chi connectivity index (χ0) is 14.7. The van der Waals surface area contributed by atoms with Crippen molar-refractivity contribution in [3.8, 4) is 0 Å². The van der Waals surface area contributed by atoms with Crippen LogP contribution in [0, 0.1) is 5.82 Å². The number of rotatable bonds is 5. The minimum absolute atomic E-state index is 0.00829. The van der Waals surface area contributed by atoms with Crippen molar-refractivity contribution in [2.24, 2.45) is 0 Å². The summed E-state index contributed by atoms with van der Waals surface area (Å²) in [6, 6.07) is 4.15. The number of hydrogen-bond donors (Lipinski definition) is 2. The first kappa shape index (κ1) is 14.7. The van der Waals surface area contributed by atoms with E-state index in [0.29, 0.717) is 26.4 Å². The summed E-state index contributed by atoms with van der Waals surface area (Å²) in [4.78, 5) is 22.6. The van der Waals surface area contributed by atoms with Crippen LogP contribution in [-0.2, 0) is 4.79 Å². The van der Waals surface area contributed by atoms with Gasteiger partial charge in [0.2, 0.25) is 0 Å². The van der Waals surface area contributed by atoms with Gasteiger partial charge in [0, 0.05) is 23.1 Å². The van der Waals surface area contributed by atoms with Gasteiger partial charge in [-0.25, -0.2) is 4.39 Å². The monoisotopic (exact) mass is 315 g/mol. The maximum Gasteiger partial charge on any atom is 0.303 e. The van der Waals surface area contributed by atoms with Crippen LogP contribution >= 0.6 is 22.9 Å². The van der Waals surface area contributed by atoms with Crippen LogP contribution in [0.15, 0.2) is 18.2 Å². The van der Waals surface area contributed by atoms with Gasteiger partial charge >= 0.3 is 5.97 Å². The summed E-state index contributed by atoms with van der Waals surface area (Å²) in [7, 11) is 0. The molecule has 0 spiro atoms. The van der Waals surface area contributed by atoms with Gasteiger partial charge in [-0.3, -0.25) is 9.59 Å². The summed E-state index contributed by atoms with van der Waals surface area (Å²) < 4.78 is 13.7. The van der Waals surface area contributed by atoms with Crippen molar-refractivity contribution in [3.63, 3.8) is 0 Å². The van der Waals surface area contributed by atoms with E-state index in [1.807, 2.05) is 0 Å². The van der Waals surface area contributed by atoms with Gasteiger partial charge in [-0.1, -0.05) is 11.6 Å². The van der Waals surface area contributed by atoms with Crippen LogP contribution in [0.1, 0.15) is 22.5 Å². The number of carboxylic acid groups (broad SMARTS) is 1. The Morgan fingerprint density at radius 3 is 2.85 bits per heavy atom. The molecule has 1 heterocycles. The Bertz CT molecular complexity index is 671. The van der Waals surface area contributed by atoms with E-state index in [1.165, 1.54) is 18.2 Å². The molecule has 0 saturated heterocycles. The first-order chi connectivity index (χ1) is 9.49. The molecule has 0 aliphatic rings. The van der Waals surface area contributed by atoms with Crippen LogP contribution in [0.5, 0.6) is 0 Å². The van der Waals surface area contributed by atoms with Gasteiger partial charge in [-0.15, -0.1) is 11.3 Å². The van der Waals surface area contributed by atoms with E-state index in [2.05, 4.69) is 5.32 Å². The van der Waals surface area contributed by atoms with Crippen LogP contribution in [0.2, 0.25) is 5.02 Å². The Kier molecular flexibility index (Phi) is 4.57. The topological polar surface area (TPSA) is 66.4 Å². The predicted octanol–water partition coefficient (Wildman–Crippen LogP) is 3.29. The molecule has 1 aromatic carbocycles. The molecule has 0 atom stereocenters. The summed E-state index contributed by atoms with van der Waals surface area (Å²) in [5.41, 5.74) is 0. The van der Waals surface area contributed by atoms with Crippen molar-refractivity contribution < 1.29 is 19.1 Å². The van der Waals surface area contributed by atoms with Crippen molar-refractivity contribution in [2.75, 3.05) is 6.54 Å². The van der Waals surface area contributed by atoms with Crippen LogP contribution in [-0.4, -0.2) is 23.5 Å². The van der Waals surface area contributed by atoms with Gasteiger partial charge in [0.25, 0.3) is 5.91 Å². The number of aliphatic carboxylic acids is 1. The lowest BCUT2D eigenvalue weighted by Gasteiger charge is -2.02. The maximum absolute atomic E-state index is 13.1. The van der Waals surface area contributed by atoms with Gasteiger partial charge in [-0.05, 0) is 24.6 Å². The van der Waals surface area contributed by atoms with E-state index in [9.17, 15) is 14.0 Å². The number of carbonyl (C=O) groups is 2. The zero-order valence-electron chi connectivity index (χ0n) is 10.3. The standard InChI is InChI=1S/C13H11ClFNO3S/c14-11-8-4-3-7(15)6-9(8)20-12(11)13(19)16-5-1-2-10(17)18/h3-4,6H,1-2,5H2,(H,16,19)(H,17,18). The van der Waals surface area contributed by atoms with Crippen molar-refractivity contribution in [1.29, 1.82) is 0 Å². The van der Waals surface area contributed by atoms with Crippen LogP contribution in [0.3, 0.4) is 0 Å². The van der Waals surface area contributed by atoms with Gasteiger partial charge in [0.15, 0.2) is 0 Å². The SMILES string of the molecule is O=C(O)CCCNC(=O)c1sc2cc(F)ccc2c1Cl. The summed E-state index contributed by atoms with van der Waals surface area (Å²) in [5, 5.41) is 12.0. The Labute approximate surface area is 123 Å². The number of fused-ring (bicyclic) bond motifs is 1. The number of carboxylic acids is 1. The van der Waals surface area contributed by atoms with Crippen molar-refractivity contribution in [1.82, 2.24) is 5.32 Å². The van der Waals surface area contributed by atoms with Gasteiger partial charge in [0.1, 0.15) is 10.7 Å². The number of halogens is 2. The number of carbonyl (C=O) groups excluding carboxylic acids is 1. The normalized spacial score (nSPS) is 10.7. The molecule has 0 aliphatic carbocycles. The molecule has 0 fully saturated rings. The minimum Gasteiger partial charge on any atom is -0.481 e. The van der Waals surface area contributed by atoms with Crippen LogP contribution in [0.25, 0.3) is 10.1 Å². The van der Waals surface area contributed by atoms with Crippen LogP contribution < -0.4 is 5.32 Å². The summed E-state index contributed by atoms with van der Waals surface area (Å²) in [6.45, 7) is 0.254. The number of amides is 1. The zero-order valence-corrected chi connectivity index (χ0v) is 11.9. The highest BCUT2D eigenvalue weighted by Crippen LogP contribution is 2.35. The Morgan fingerprint density at radius 1 is 1.40 bits per heavy atom. The molecule has 2 aromatic rings. The molecular weight excluding hydrogens is 305 g/mol. The highest BCUT2D eigenvalue weighted by molar-refractivity contribution is 7.21. The Hall–Kier alpha value is -1.66. The lowest BCUT2D eigenvalue weighted by molar-refractivity contribution is -0.137. The fourth-order valence-corrected chi connectivity index (χ4v) is 3.17. The molecule has 106 valence electrons. The third-order valence-corrected chi connectivity index (χ3v) is 4.31. The molecule has 2 N–H and O–H groups in total. The third kappa shape index (κ3) is 3.26. The van der Waals surface area contributed by atoms with E-state index >= 15 is 0 Å². The minimum atomic E-state index is -0.908. The third-order valence-electron chi connectivity index (χ3n) is 2.65. The fourth-order valence-electron chi connectivity index (χ4n) is 1.71. The Balaban J connectivity index is 2.10. The average Bonchev–Trinajstić information content (AvgIpc) is 2.71. The number of hydrogen-bond acceptors (Lipinski definition) is 3. The predicted molar refractivity (Wildman–Crippen MR) is 76.0 cm³/mol. The van der Waals surface area contributed by atoms with Crippen LogP contribution in [0.4, 0.5) is 4.39 Å². The molecule has 0 saturated carbocycles. The largest absolute Gasteiger partial charge is 0.481 e. The number of thiophene rings is 1. The van der Waals surface area contributed by atoms with Gasteiger partial charge < -0.3 is 10.4 Å². The molecule has 0 bridgehead atoms. The molecular formula is C13H11ClFNO3S. The molecule has 1 aromatic heterocycles. The molecule has 4 nitrogen and oxygen atoms in total. The molecule has 20 heavy (non-hydrogen) atoms. The van der Waals surface area contributed by atoms with Gasteiger partial charge in [0.05, 0.1) is 5.02 Å². The van der Waals surface area contributed by atoms with E-state index in [-0.39, 0.29) is 24.7 Å². The lowest BCUT2D eigenvalue weighted by Crippen LogP contribution is -2.24. The van der Waals surface area contributed by atoms with Crippen molar-refractivity contribution in [3.05, 3.63) is 33.9 Å². The van der Waals surface area contributed by atoms with E-state index in [4.69, 9.17) is 16.7 Å². The number of benzene rings is 1. The second-order valence-corrected chi connectivity index (χ2v) is 5.57. The molecule has 1 amide bonds.